The third-order valence-corrected chi connectivity index (χ3v) is 4.31. The number of hydrogen-bond donors (Lipinski definition) is 1. The number of fused-ring (bicyclic) bond motifs is 1. The first-order valence-corrected chi connectivity index (χ1v) is 7.63. The summed E-state index contributed by atoms with van der Waals surface area (Å²) in [7, 11) is 0. The highest BCUT2D eigenvalue weighted by atomic mass is 32.1. The lowest BCUT2D eigenvalue weighted by atomic mass is 10.2. The lowest BCUT2D eigenvalue weighted by molar-refractivity contribution is 0.549. The zero-order valence-corrected chi connectivity index (χ0v) is 12.5. The molecule has 5 heteroatoms. The van der Waals surface area contributed by atoms with Crippen LogP contribution in [-0.2, 0) is 6.42 Å². The molecule has 0 radical (unpaired) electrons. The van der Waals surface area contributed by atoms with E-state index >= 15 is 0 Å². The number of aryl methyl sites for hydroxylation is 1. The molecule has 0 aliphatic carbocycles. The van der Waals surface area contributed by atoms with Gasteiger partial charge in [-0.05, 0) is 36.9 Å². The van der Waals surface area contributed by atoms with E-state index in [1.807, 2.05) is 13.1 Å². The summed E-state index contributed by atoms with van der Waals surface area (Å²) in [5.74, 6) is 1.04. The average molecular weight is 286 g/mol. The van der Waals surface area contributed by atoms with Gasteiger partial charge in [0.15, 0.2) is 5.65 Å². The minimum absolute atomic E-state index is 0.199. The predicted octanol–water partition coefficient (Wildman–Crippen LogP) is 2.91. The van der Waals surface area contributed by atoms with Gasteiger partial charge >= 0.3 is 0 Å². The summed E-state index contributed by atoms with van der Waals surface area (Å²) in [6, 6.07) is 6.49. The summed E-state index contributed by atoms with van der Waals surface area (Å²) in [6.45, 7) is 4.73. The Bertz CT molecular complexity index is 715. The van der Waals surface area contributed by atoms with Crippen LogP contribution in [0.5, 0.6) is 0 Å². The number of imidazole rings is 1. The smallest absolute Gasteiger partial charge is 0.160 e. The first kappa shape index (κ1) is 13.3. The summed E-state index contributed by atoms with van der Waals surface area (Å²) < 4.78 is 2.18. The molecule has 3 rings (SSSR count). The van der Waals surface area contributed by atoms with Gasteiger partial charge in [0.05, 0.1) is 0 Å². The van der Waals surface area contributed by atoms with Crippen LogP contribution in [0.1, 0.15) is 29.2 Å². The zero-order valence-electron chi connectivity index (χ0n) is 11.7. The van der Waals surface area contributed by atoms with E-state index < -0.39 is 0 Å². The Labute approximate surface area is 122 Å². The fourth-order valence-electron chi connectivity index (χ4n) is 2.39. The van der Waals surface area contributed by atoms with E-state index in [1.54, 1.807) is 11.3 Å². The second kappa shape index (κ2) is 5.34. The van der Waals surface area contributed by atoms with Crippen LogP contribution in [0.15, 0.2) is 29.8 Å². The lowest BCUT2D eigenvalue weighted by Gasteiger charge is -2.14. The van der Waals surface area contributed by atoms with Gasteiger partial charge in [-0.2, -0.15) is 0 Å². The second-order valence-corrected chi connectivity index (χ2v) is 6.13. The normalized spacial score (nSPS) is 12.9. The molecular weight excluding hydrogens is 268 g/mol. The van der Waals surface area contributed by atoms with E-state index in [0.717, 1.165) is 29.0 Å². The third kappa shape index (κ3) is 2.34. The molecule has 3 aromatic heterocycles. The number of nitrogens with two attached hydrogens (primary N) is 1. The van der Waals surface area contributed by atoms with Crippen LogP contribution in [0, 0.1) is 6.92 Å². The molecule has 1 unspecified atom stereocenters. The van der Waals surface area contributed by atoms with Crippen molar-refractivity contribution in [3.63, 3.8) is 0 Å². The van der Waals surface area contributed by atoms with Crippen molar-refractivity contribution >= 4 is 22.5 Å². The molecule has 0 aliphatic heterocycles. The molecule has 4 nitrogen and oxygen atoms in total. The molecule has 1 atom stereocenters. The summed E-state index contributed by atoms with van der Waals surface area (Å²) in [4.78, 5) is 10.6. The third-order valence-electron chi connectivity index (χ3n) is 3.43. The van der Waals surface area contributed by atoms with Crippen LogP contribution < -0.4 is 5.73 Å². The van der Waals surface area contributed by atoms with Crippen molar-refractivity contribution in [2.45, 2.75) is 26.3 Å². The monoisotopic (exact) mass is 286 g/mol. The Hall–Kier alpha value is -1.72. The lowest BCUT2D eigenvalue weighted by Crippen LogP contribution is -2.18. The Balaban J connectivity index is 2.13. The molecular formula is C15H18N4S. The maximum Gasteiger partial charge on any atom is 0.160 e. The van der Waals surface area contributed by atoms with Crippen LogP contribution >= 0.6 is 11.3 Å². The second-order valence-electron chi connectivity index (χ2n) is 5.09. The Kier molecular flexibility index (Phi) is 3.54. The minimum Gasteiger partial charge on any atom is -0.328 e. The maximum absolute atomic E-state index is 5.85. The largest absolute Gasteiger partial charge is 0.328 e. The number of pyridine rings is 1. The van der Waals surface area contributed by atoms with E-state index in [4.69, 9.17) is 10.7 Å². The molecule has 3 aromatic rings. The van der Waals surface area contributed by atoms with Crippen LogP contribution in [0.3, 0.4) is 0 Å². The van der Waals surface area contributed by atoms with E-state index in [-0.39, 0.29) is 6.04 Å². The Morgan fingerprint density at radius 3 is 3.00 bits per heavy atom. The van der Waals surface area contributed by atoms with Crippen LogP contribution in [0.25, 0.3) is 11.2 Å². The summed E-state index contributed by atoms with van der Waals surface area (Å²) in [5.41, 5.74) is 8.87. The molecule has 3 heterocycles. The van der Waals surface area contributed by atoms with Crippen molar-refractivity contribution in [2.24, 2.45) is 5.73 Å². The first-order valence-electron chi connectivity index (χ1n) is 6.75. The van der Waals surface area contributed by atoms with Gasteiger partial charge in [0.2, 0.25) is 0 Å². The molecule has 0 amide bonds. The molecule has 0 spiro atoms. The topological polar surface area (TPSA) is 56.7 Å². The predicted molar refractivity (Wildman–Crippen MR) is 83.2 cm³/mol. The molecule has 0 bridgehead atoms. The van der Waals surface area contributed by atoms with Crippen molar-refractivity contribution < 1.29 is 0 Å². The number of rotatable bonds is 4. The van der Waals surface area contributed by atoms with Gasteiger partial charge in [-0.3, -0.25) is 0 Å². The van der Waals surface area contributed by atoms with Crippen LogP contribution in [0.2, 0.25) is 0 Å². The van der Waals surface area contributed by atoms with Gasteiger partial charge < -0.3 is 10.3 Å². The number of aromatic nitrogens is 3. The molecule has 20 heavy (non-hydrogen) atoms. The van der Waals surface area contributed by atoms with Gasteiger partial charge in [0.25, 0.3) is 0 Å². The quantitative estimate of drug-likeness (QED) is 0.802. The summed E-state index contributed by atoms with van der Waals surface area (Å²) in [6.07, 6.45) is 2.72. The van der Waals surface area contributed by atoms with E-state index in [1.165, 1.54) is 4.88 Å². The summed E-state index contributed by atoms with van der Waals surface area (Å²) in [5, 5.41) is 2.09. The van der Waals surface area contributed by atoms with Crippen molar-refractivity contribution in [1.29, 1.82) is 0 Å². The van der Waals surface area contributed by atoms with E-state index in [0.29, 0.717) is 6.54 Å². The molecule has 104 valence electrons. The Morgan fingerprint density at radius 1 is 1.45 bits per heavy atom. The van der Waals surface area contributed by atoms with Gasteiger partial charge in [-0.25, -0.2) is 9.97 Å². The highest BCUT2D eigenvalue weighted by Crippen LogP contribution is 2.23. The van der Waals surface area contributed by atoms with Crippen molar-refractivity contribution in [3.05, 3.63) is 46.0 Å². The average Bonchev–Trinajstić information content (AvgIpc) is 3.05. The van der Waals surface area contributed by atoms with E-state index in [9.17, 15) is 0 Å². The first-order chi connectivity index (χ1) is 9.69. The molecule has 0 saturated heterocycles. The Morgan fingerprint density at radius 2 is 2.30 bits per heavy atom. The van der Waals surface area contributed by atoms with Crippen molar-refractivity contribution in [2.75, 3.05) is 6.54 Å². The zero-order chi connectivity index (χ0) is 14.1. The number of thiophene rings is 1. The van der Waals surface area contributed by atoms with Gasteiger partial charge in [0, 0.05) is 30.1 Å². The highest BCUT2D eigenvalue weighted by molar-refractivity contribution is 7.09. The standard InChI is InChI=1S/C15H18N4S/c1-10-6-13-15(17-9-10)19(11(2)8-16)14(18-13)7-12-4-3-5-20-12/h3-6,9,11H,7-8,16H2,1-2H3. The minimum atomic E-state index is 0.199. The fraction of sp³-hybridized carbons (Fsp3) is 0.333. The van der Waals surface area contributed by atoms with Crippen LogP contribution in [0.4, 0.5) is 0 Å². The molecule has 0 aliphatic rings. The molecule has 2 N–H and O–H groups in total. The highest BCUT2D eigenvalue weighted by Gasteiger charge is 2.16. The van der Waals surface area contributed by atoms with Gasteiger partial charge in [0.1, 0.15) is 11.3 Å². The molecule has 0 saturated carbocycles. The number of hydrogen-bond acceptors (Lipinski definition) is 4. The summed E-state index contributed by atoms with van der Waals surface area (Å²) >= 11 is 1.75. The molecule has 0 aromatic carbocycles. The van der Waals surface area contributed by atoms with Crippen molar-refractivity contribution in [3.8, 4) is 0 Å². The van der Waals surface area contributed by atoms with Gasteiger partial charge in [-0.15, -0.1) is 11.3 Å². The number of nitrogens with zero attached hydrogens (tertiary/aromatic N) is 3. The van der Waals surface area contributed by atoms with Crippen molar-refractivity contribution in [1.82, 2.24) is 14.5 Å². The fourth-order valence-corrected chi connectivity index (χ4v) is 3.09. The molecule has 0 fully saturated rings. The van der Waals surface area contributed by atoms with E-state index in [2.05, 4.69) is 40.1 Å². The SMILES string of the molecule is Cc1cnc2c(c1)nc(Cc1cccs1)n2C(C)CN. The van der Waals surface area contributed by atoms with Gasteiger partial charge in [-0.1, -0.05) is 6.07 Å². The maximum atomic E-state index is 5.85. The van der Waals surface area contributed by atoms with Crippen LogP contribution in [-0.4, -0.2) is 21.1 Å².